The molecule has 0 aliphatic heterocycles. The first-order chi connectivity index (χ1) is 18.1. The summed E-state index contributed by atoms with van der Waals surface area (Å²) >= 11 is 12.4. The van der Waals surface area contributed by atoms with Crippen molar-refractivity contribution in [1.29, 1.82) is 0 Å². The van der Waals surface area contributed by atoms with E-state index in [2.05, 4.69) is 5.32 Å². The number of halogens is 2. The summed E-state index contributed by atoms with van der Waals surface area (Å²) in [5, 5.41) is 3.64. The van der Waals surface area contributed by atoms with Gasteiger partial charge in [-0.05, 0) is 68.3 Å². The third-order valence-electron chi connectivity index (χ3n) is 6.04. The number of hydrogen-bond donors (Lipinski definition) is 1. The fourth-order valence-corrected chi connectivity index (χ4v) is 5.73. The Bertz CT molecular complexity index is 1360. The van der Waals surface area contributed by atoms with E-state index in [1.165, 1.54) is 17.0 Å². The Morgan fingerprint density at radius 1 is 0.921 bits per heavy atom. The van der Waals surface area contributed by atoms with Gasteiger partial charge in [-0.2, -0.15) is 0 Å². The zero-order valence-electron chi connectivity index (χ0n) is 21.5. The molecule has 0 aromatic heterocycles. The van der Waals surface area contributed by atoms with Crippen LogP contribution in [0.5, 0.6) is 0 Å². The van der Waals surface area contributed by atoms with E-state index in [1.807, 2.05) is 6.92 Å². The minimum atomic E-state index is -4.14. The zero-order chi connectivity index (χ0) is 27.9. The molecule has 202 valence electrons. The number of amides is 2. The Labute approximate surface area is 234 Å². The fraction of sp³-hybridized carbons (Fsp3) is 0.286. The normalized spacial score (nSPS) is 12.0. The van der Waals surface area contributed by atoms with Gasteiger partial charge in [-0.15, -0.1) is 0 Å². The molecule has 0 spiro atoms. The van der Waals surface area contributed by atoms with Gasteiger partial charge in [0.25, 0.3) is 10.0 Å². The van der Waals surface area contributed by atoms with Crippen molar-refractivity contribution in [2.24, 2.45) is 0 Å². The maximum absolute atomic E-state index is 13.9. The van der Waals surface area contributed by atoms with Crippen LogP contribution in [0.15, 0.2) is 77.7 Å². The van der Waals surface area contributed by atoms with E-state index in [0.717, 1.165) is 9.87 Å². The number of carbonyl (C=O) groups excluding carboxylic acids is 2. The summed E-state index contributed by atoms with van der Waals surface area (Å²) in [6.45, 7) is 5.34. The van der Waals surface area contributed by atoms with E-state index < -0.39 is 28.5 Å². The fourth-order valence-electron chi connectivity index (χ4n) is 4.00. The van der Waals surface area contributed by atoms with Gasteiger partial charge < -0.3 is 10.2 Å². The van der Waals surface area contributed by atoms with E-state index in [1.54, 1.807) is 74.5 Å². The van der Waals surface area contributed by atoms with Crippen molar-refractivity contribution < 1.29 is 18.0 Å². The molecule has 3 aromatic rings. The Balaban J connectivity index is 2.06. The molecule has 1 N–H and O–H groups in total. The van der Waals surface area contributed by atoms with Gasteiger partial charge in [0.15, 0.2) is 0 Å². The van der Waals surface area contributed by atoms with Crippen molar-refractivity contribution in [2.75, 3.05) is 17.4 Å². The van der Waals surface area contributed by atoms with Crippen LogP contribution in [0.25, 0.3) is 0 Å². The van der Waals surface area contributed by atoms with E-state index in [0.29, 0.717) is 28.6 Å². The number of sulfonamides is 1. The highest BCUT2D eigenvalue weighted by Crippen LogP contribution is 2.27. The third-order valence-corrected chi connectivity index (χ3v) is 8.45. The van der Waals surface area contributed by atoms with Crippen LogP contribution < -0.4 is 9.62 Å². The van der Waals surface area contributed by atoms with Crippen LogP contribution >= 0.6 is 23.2 Å². The van der Waals surface area contributed by atoms with Crippen molar-refractivity contribution in [1.82, 2.24) is 10.2 Å². The van der Waals surface area contributed by atoms with Gasteiger partial charge in [-0.3, -0.25) is 13.9 Å². The van der Waals surface area contributed by atoms with Crippen LogP contribution in [0.1, 0.15) is 31.4 Å². The van der Waals surface area contributed by atoms with E-state index in [4.69, 9.17) is 23.2 Å². The quantitative estimate of drug-likeness (QED) is 0.330. The van der Waals surface area contributed by atoms with E-state index >= 15 is 0 Å². The predicted molar refractivity (Wildman–Crippen MR) is 152 cm³/mol. The maximum Gasteiger partial charge on any atom is 0.264 e. The molecule has 10 heteroatoms. The highest BCUT2D eigenvalue weighted by molar-refractivity contribution is 7.92. The molecule has 0 aliphatic rings. The first kappa shape index (κ1) is 29.5. The Kier molecular flexibility index (Phi) is 10.2. The van der Waals surface area contributed by atoms with Gasteiger partial charge in [-0.25, -0.2) is 8.42 Å². The number of likely N-dealkylation sites (N-methyl/N-ethyl adjacent to an activating group) is 1. The minimum Gasteiger partial charge on any atom is -0.355 e. The lowest BCUT2D eigenvalue weighted by atomic mass is 10.1. The van der Waals surface area contributed by atoms with Crippen LogP contribution in [0, 0.1) is 6.92 Å². The summed E-state index contributed by atoms with van der Waals surface area (Å²) in [7, 11) is -4.14. The lowest BCUT2D eigenvalue weighted by Crippen LogP contribution is -2.52. The zero-order valence-corrected chi connectivity index (χ0v) is 23.9. The van der Waals surface area contributed by atoms with Crippen LogP contribution in [0.4, 0.5) is 5.69 Å². The second kappa shape index (κ2) is 13.1. The summed E-state index contributed by atoms with van der Waals surface area (Å²) < 4.78 is 28.6. The Morgan fingerprint density at radius 2 is 1.55 bits per heavy atom. The lowest BCUT2D eigenvalue weighted by molar-refractivity contribution is -0.140. The number of anilines is 1. The number of aryl methyl sites for hydroxylation is 1. The molecular formula is C28H31Cl2N3O4S. The Morgan fingerprint density at radius 3 is 2.13 bits per heavy atom. The monoisotopic (exact) mass is 575 g/mol. The number of nitrogens with one attached hydrogen (secondary N) is 1. The molecule has 0 fully saturated rings. The van der Waals surface area contributed by atoms with Gasteiger partial charge in [0.1, 0.15) is 12.6 Å². The Hall–Kier alpha value is -3.07. The molecule has 7 nitrogen and oxygen atoms in total. The molecule has 0 saturated carbocycles. The van der Waals surface area contributed by atoms with Gasteiger partial charge >= 0.3 is 0 Å². The summed E-state index contributed by atoms with van der Waals surface area (Å²) in [4.78, 5) is 28.3. The molecule has 0 unspecified atom stereocenters. The smallest absolute Gasteiger partial charge is 0.264 e. The van der Waals surface area contributed by atoms with Gasteiger partial charge in [0.2, 0.25) is 11.8 Å². The number of benzene rings is 3. The molecule has 0 heterocycles. The molecule has 3 rings (SSSR count). The van der Waals surface area contributed by atoms with Crippen LogP contribution in [-0.4, -0.2) is 44.3 Å². The molecular weight excluding hydrogens is 545 g/mol. The third kappa shape index (κ3) is 7.07. The lowest BCUT2D eigenvalue weighted by Gasteiger charge is -2.33. The highest BCUT2D eigenvalue weighted by Gasteiger charge is 2.33. The second-order valence-corrected chi connectivity index (χ2v) is 11.4. The maximum atomic E-state index is 13.9. The van der Waals surface area contributed by atoms with Crippen LogP contribution in [0.3, 0.4) is 0 Å². The van der Waals surface area contributed by atoms with Gasteiger partial charge in [0.05, 0.1) is 10.6 Å². The van der Waals surface area contributed by atoms with Gasteiger partial charge in [0, 0.05) is 23.1 Å². The standard InChI is InChI=1S/C28H31Cl2N3O4S/c1-4-26(28(35)31-5-2)32(18-21-8-6-7-9-25(21)30)27(34)19-33(23-14-12-22(29)13-15-23)38(36,37)24-16-10-20(3)11-17-24/h6-17,26H,4-5,18-19H2,1-3H3,(H,31,35)/t26-/m0/s1. The van der Waals surface area contributed by atoms with Crippen molar-refractivity contribution in [3.63, 3.8) is 0 Å². The largest absolute Gasteiger partial charge is 0.355 e. The molecule has 38 heavy (non-hydrogen) atoms. The van der Waals surface area contributed by atoms with Gasteiger partial charge in [-0.1, -0.05) is 66.0 Å². The van der Waals surface area contributed by atoms with Crippen LogP contribution in [-0.2, 0) is 26.2 Å². The van der Waals surface area contributed by atoms with E-state index in [9.17, 15) is 18.0 Å². The molecule has 1 atom stereocenters. The van der Waals surface area contributed by atoms with Crippen LogP contribution in [0.2, 0.25) is 10.0 Å². The van der Waals surface area contributed by atoms with E-state index in [-0.39, 0.29) is 23.0 Å². The SMILES string of the molecule is CCNC(=O)[C@H](CC)N(Cc1ccccc1Cl)C(=O)CN(c1ccc(Cl)cc1)S(=O)(=O)c1ccc(C)cc1. The average Bonchev–Trinajstić information content (AvgIpc) is 2.89. The summed E-state index contributed by atoms with van der Waals surface area (Å²) in [5.74, 6) is -0.872. The topological polar surface area (TPSA) is 86.8 Å². The van der Waals surface area contributed by atoms with Crippen molar-refractivity contribution >= 4 is 50.7 Å². The summed E-state index contributed by atoms with van der Waals surface area (Å²) in [6.07, 6.45) is 0.327. The number of nitrogens with zero attached hydrogens (tertiary/aromatic N) is 2. The average molecular weight is 577 g/mol. The van der Waals surface area contributed by atoms with Crippen molar-refractivity contribution in [3.8, 4) is 0 Å². The molecule has 2 amide bonds. The molecule has 0 saturated heterocycles. The molecule has 3 aromatic carbocycles. The number of carbonyl (C=O) groups is 2. The van der Waals surface area contributed by atoms with Crippen molar-refractivity contribution in [3.05, 3.63) is 94.0 Å². The predicted octanol–water partition coefficient (Wildman–Crippen LogP) is 5.44. The number of hydrogen-bond acceptors (Lipinski definition) is 4. The first-order valence-corrected chi connectivity index (χ1v) is 14.4. The highest BCUT2D eigenvalue weighted by atomic mass is 35.5. The molecule has 0 aliphatic carbocycles. The summed E-state index contributed by atoms with van der Waals surface area (Å²) in [5.41, 5.74) is 1.81. The minimum absolute atomic E-state index is 0.0349. The second-order valence-electron chi connectivity index (χ2n) is 8.73. The number of rotatable bonds is 11. The first-order valence-electron chi connectivity index (χ1n) is 12.2. The molecule has 0 bridgehead atoms. The summed E-state index contributed by atoms with van der Waals surface area (Å²) in [6, 6.07) is 18.8. The van der Waals surface area contributed by atoms with Crippen molar-refractivity contribution in [2.45, 2.75) is 44.7 Å². The molecule has 0 radical (unpaired) electrons.